The number of benzene rings is 1. The molecule has 1 aromatic carbocycles. The average Bonchev–Trinajstić information content (AvgIpc) is 2.60. The number of nitrogens with one attached hydrogen (secondary N) is 1. The van der Waals surface area contributed by atoms with E-state index in [2.05, 4.69) is 5.32 Å². The highest BCUT2D eigenvalue weighted by Crippen LogP contribution is 2.21. The van der Waals surface area contributed by atoms with Crippen LogP contribution in [0.1, 0.15) is 20.8 Å². The Labute approximate surface area is 164 Å². The third-order valence-electron chi connectivity index (χ3n) is 3.76. The summed E-state index contributed by atoms with van der Waals surface area (Å²) in [6.07, 6.45) is 1.15. The van der Waals surface area contributed by atoms with Gasteiger partial charge in [-0.15, -0.1) is 0 Å². The van der Waals surface area contributed by atoms with Crippen LogP contribution in [0.2, 0.25) is 5.02 Å². The largest absolute Gasteiger partial charge is 0.444 e. The number of piperazine rings is 1. The van der Waals surface area contributed by atoms with Crippen LogP contribution < -0.4 is 5.32 Å². The summed E-state index contributed by atoms with van der Waals surface area (Å²) in [7, 11) is 0. The average molecular weight is 391 g/mol. The monoisotopic (exact) mass is 390 g/mol. The van der Waals surface area contributed by atoms with Crippen LogP contribution in [0.4, 0.5) is 10.5 Å². The standard InChI is InChI=1S/C19H23ClN4O3/c1-19(2,3)27-18(26)24-10-8-23(9-11-24)13-14(12-21)17(25)22-16-7-5-4-6-15(16)20/h4-7,13H,8-11H2,1-3H3,(H,22,25)/b14-13-. The van der Waals surface area contributed by atoms with Crippen molar-refractivity contribution >= 4 is 29.3 Å². The zero-order valence-corrected chi connectivity index (χ0v) is 16.4. The van der Waals surface area contributed by atoms with Crippen LogP contribution in [0.25, 0.3) is 0 Å². The van der Waals surface area contributed by atoms with Gasteiger partial charge in [0.15, 0.2) is 0 Å². The summed E-state index contributed by atoms with van der Waals surface area (Å²) >= 11 is 6.02. The summed E-state index contributed by atoms with van der Waals surface area (Å²) < 4.78 is 5.35. The summed E-state index contributed by atoms with van der Waals surface area (Å²) in [4.78, 5) is 27.9. The van der Waals surface area contributed by atoms with E-state index in [0.29, 0.717) is 36.9 Å². The number of halogens is 1. The van der Waals surface area contributed by atoms with Crippen molar-refractivity contribution in [2.75, 3.05) is 31.5 Å². The van der Waals surface area contributed by atoms with Crippen molar-refractivity contribution < 1.29 is 14.3 Å². The van der Waals surface area contributed by atoms with Crippen molar-refractivity contribution in [2.45, 2.75) is 26.4 Å². The maximum Gasteiger partial charge on any atom is 0.410 e. The summed E-state index contributed by atoms with van der Waals surface area (Å²) in [5.74, 6) is -0.528. The second-order valence-electron chi connectivity index (χ2n) is 7.09. The number of nitrogens with zero attached hydrogens (tertiary/aromatic N) is 3. The SMILES string of the molecule is CC(C)(C)OC(=O)N1CCN(/C=C(/C#N)C(=O)Nc2ccccc2Cl)CC1. The molecule has 2 rings (SSSR count). The second kappa shape index (κ2) is 8.78. The lowest BCUT2D eigenvalue weighted by molar-refractivity contribution is -0.112. The molecule has 144 valence electrons. The molecule has 1 heterocycles. The zero-order valence-electron chi connectivity index (χ0n) is 15.7. The number of carbonyl (C=O) groups is 2. The molecule has 0 aromatic heterocycles. The van der Waals surface area contributed by atoms with Gasteiger partial charge in [0, 0.05) is 32.4 Å². The Bertz CT molecular complexity index is 772. The van der Waals surface area contributed by atoms with Gasteiger partial charge in [0.2, 0.25) is 0 Å². The summed E-state index contributed by atoms with van der Waals surface area (Å²) in [6.45, 7) is 7.38. The molecule has 7 nitrogen and oxygen atoms in total. The molecule has 1 N–H and O–H groups in total. The smallest absolute Gasteiger partial charge is 0.410 e. The van der Waals surface area contributed by atoms with Crippen LogP contribution in [0.5, 0.6) is 0 Å². The lowest BCUT2D eigenvalue weighted by atomic mass is 10.2. The number of rotatable bonds is 3. The minimum Gasteiger partial charge on any atom is -0.444 e. The van der Waals surface area contributed by atoms with Crippen LogP contribution in [-0.4, -0.2) is 53.6 Å². The second-order valence-corrected chi connectivity index (χ2v) is 7.50. The van der Waals surface area contributed by atoms with E-state index >= 15 is 0 Å². The van der Waals surface area contributed by atoms with Crippen molar-refractivity contribution in [3.8, 4) is 6.07 Å². The number of hydrogen-bond acceptors (Lipinski definition) is 5. The quantitative estimate of drug-likeness (QED) is 0.632. The predicted molar refractivity (Wildman–Crippen MR) is 103 cm³/mol. The fourth-order valence-corrected chi connectivity index (χ4v) is 2.62. The first-order chi connectivity index (χ1) is 12.7. The third-order valence-corrected chi connectivity index (χ3v) is 4.09. The van der Waals surface area contributed by atoms with E-state index in [1.54, 1.807) is 29.2 Å². The highest BCUT2D eigenvalue weighted by atomic mass is 35.5. The van der Waals surface area contributed by atoms with Crippen LogP contribution >= 0.6 is 11.6 Å². The lowest BCUT2D eigenvalue weighted by Crippen LogP contribution is -2.48. The number of nitriles is 1. The lowest BCUT2D eigenvalue weighted by Gasteiger charge is -2.35. The van der Waals surface area contributed by atoms with E-state index in [1.165, 1.54) is 6.20 Å². The Kier molecular flexibility index (Phi) is 6.70. The first kappa shape index (κ1) is 20.6. The number of amides is 2. The molecule has 1 fully saturated rings. The number of ether oxygens (including phenoxy) is 1. The van der Waals surface area contributed by atoms with Crippen molar-refractivity contribution in [3.63, 3.8) is 0 Å². The van der Waals surface area contributed by atoms with Gasteiger partial charge in [0.1, 0.15) is 17.2 Å². The van der Waals surface area contributed by atoms with Crippen molar-refractivity contribution in [3.05, 3.63) is 41.1 Å². The normalized spacial score (nSPS) is 15.1. The van der Waals surface area contributed by atoms with Gasteiger partial charge < -0.3 is 19.9 Å². The molecule has 1 saturated heterocycles. The van der Waals surface area contributed by atoms with E-state index in [0.717, 1.165) is 0 Å². The number of hydrogen-bond donors (Lipinski definition) is 1. The molecule has 0 radical (unpaired) electrons. The minimum absolute atomic E-state index is 0.0272. The van der Waals surface area contributed by atoms with Crippen LogP contribution in [0.3, 0.4) is 0 Å². The molecular weight excluding hydrogens is 368 g/mol. The summed E-state index contributed by atoms with van der Waals surface area (Å²) in [6, 6.07) is 8.73. The molecule has 27 heavy (non-hydrogen) atoms. The van der Waals surface area contributed by atoms with Gasteiger partial charge in [-0.3, -0.25) is 4.79 Å². The number of anilines is 1. The predicted octanol–water partition coefficient (Wildman–Crippen LogP) is 3.24. The fraction of sp³-hybridized carbons (Fsp3) is 0.421. The number of para-hydroxylation sites is 1. The molecule has 1 aliphatic heterocycles. The van der Waals surface area contributed by atoms with Crippen molar-refractivity contribution in [1.82, 2.24) is 9.80 Å². The number of carbonyl (C=O) groups excluding carboxylic acids is 2. The third kappa shape index (κ3) is 6.19. The van der Waals surface area contributed by atoms with Gasteiger partial charge in [-0.2, -0.15) is 5.26 Å². The van der Waals surface area contributed by atoms with E-state index in [4.69, 9.17) is 16.3 Å². The van der Waals surface area contributed by atoms with E-state index in [-0.39, 0.29) is 11.7 Å². The molecule has 1 aliphatic rings. The molecule has 2 amide bonds. The first-order valence-corrected chi connectivity index (χ1v) is 8.97. The molecule has 0 unspecified atom stereocenters. The maximum absolute atomic E-state index is 12.3. The van der Waals surface area contributed by atoms with E-state index in [9.17, 15) is 14.9 Å². The van der Waals surface area contributed by atoms with Crippen molar-refractivity contribution in [1.29, 1.82) is 5.26 Å². The molecular formula is C19H23ClN4O3. The Morgan fingerprint density at radius 3 is 2.41 bits per heavy atom. The zero-order chi connectivity index (χ0) is 20.0. The van der Waals surface area contributed by atoms with E-state index < -0.39 is 11.5 Å². The van der Waals surface area contributed by atoms with Gasteiger partial charge in [-0.05, 0) is 32.9 Å². The van der Waals surface area contributed by atoms with E-state index in [1.807, 2.05) is 31.7 Å². The Balaban J connectivity index is 1.95. The van der Waals surface area contributed by atoms with Crippen LogP contribution in [-0.2, 0) is 9.53 Å². The Hall–Kier alpha value is -2.72. The topological polar surface area (TPSA) is 85.7 Å². The highest BCUT2D eigenvalue weighted by molar-refractivity contribution is 6.33. The Morgan fingerprint density at radius 1 is 1.22 bits per heavy atom. The van der Waals surface area contributed by atoms with Crippen LogP contribution in [0, 0.1) is 11.3 Å². The first-order valence-electron chi connectivity index (χ1n) is 8.59. The molecule has 1 aromatic rings. The summed E-state index contributed by atoms with van der Waals surface area (Å²) in [5.41, 5.74) is -0.125. The van der Waals surface area contributed by atoms with Gasteiger partial charge >= 0.3 is 6.09 Å². The van der Waals surface area contributed by atoms with Gasteiger partial charge in [0.25, 0.3) is 5.91 Å². The molecule has 0 saturated carbocycles. The fourth-order valence-electron chi connectivity index (χ4n) is 2.43. The minimum atomic E-state index is -0.543. The van der Waals surface area contributed by atoms with Gasteiger partial charge in [-0.25, -0.2) is 4.79 Å². The molecule has 0 aliphatic carbocycles. The van der Waals surface area contributed by atoms with Crippen LogP contribution in [0.15, 0.2) is 36.0 Å². The maximum atomic E-state index is 12.3. The Morgan fingerprint density at radius 2 is 1.85 bits per heavy atom. The van der Waals surface area contributed by atoms with Gasteiger partial charge in [-0.1, -0.05) is 23.7 Å². The van der Waals surface area contributed by atoms with Gasteiger partial charge in [0.05, 0.1) is 10.7 Å². The van der Waals surface area contributed by atoms with Crippen molar-refractivity contribution in [2.24, 2.45) is 0 Å². The molecule has 0 atom stereocenters. The molecule has 8 heteroatoms. The molecule has 0 bridgehead atoms. The highest BCUT2D eigenvalue weighted by Gasteiger charge is 2.25. The molecule has 0 spiro atoms. The summed E-state index contributed by atoms with van der Waals surface area (Å²) in [5, 5.41) is 12.3.